The predicted octanol–water partition coefficient (Wildman–Crippen LogP) is 5.39. The lowest BCUT2D eigenvalue weighted by Crippen LogP contribution is -2.04. The third-order valence-corrected chi connectivity index (χ3v) is 7.26. The van der Waals surface area contributed by atoms with Crippen LogP contribution < -0.4 is 0 Å². The first-order valence-corrected chi connectivity index (χ1v) is 12.5. The van der Waals surface area contributed by atoms with Crippen LogP contribution in [0, 0.1) is 60.7 Å². The first kappa shape index (κ1) is 28.7. The van der Waals surface area contributed by atoms with Crippen molar-refractivity contribution >= 4 is 45.5 Å². The fraction of sp³-hybridized carbons (Fsp3) is 0. The molecule has 4 aromatic carbocycles. The Balaban J connectivity index is 1.71. The van der Waals surface area contributed by atoms with E-state index in [4.69, 9.17) is 0 Å². The van der Waals surface area contributed by atoms with Crippen molar-refractivity contribution in [2.45, 2.75) is 0 Å². The fourth-order valence-corrected chi connectivity index (χ4v) is 5.39. The van der Waals surface area contributed by atoms with E-state index in [0.717, 1.165) is 36.4 Å². The maximum Gasteiger partial charge on any atom is 0.284 e. The highest BCUT2D eigenvalue weighted by Gasteiger charge is 2.38. The molecule has 0 spiro atoms. The van der Waals surface area contributed by atoms with Gasteiger partial charge in [-0.3, -0.25) is 60.7 Å². The minimum absolute atomic E-state index is 0.0512. The molecule has 0 saturated carbocycles. The average molecular weight is 626 g/mol. The Morgan fingerprint density at radius 2 is 0.696 bits per heavy atom. The first-order chi connectivity index (χ1) is 21.8. The van der Waals surface area contributed by atoms with Gasteiger partial charge in [0.2, 0.25) is 0 Å². The minimum Gasteiger partial charge on any atom is -0.258 e. The van der Waals surface area contributed by atoms with Gasteiger partial charge >= 0.3 is 0 Å². The number of hydrogen-bond donors (Lipinski definition) is 0. The zero-order chi connectivity index (χ0) is 33.2. The van der Waals surface area contributed by atoms with E-state index < -0.39 is 63.7 Å². The average Bonchev–Trinajstić information content (AvgIpc) is 3.49. The predicted molar refractivity (Wildman–Crippen MR) is 155 cm³/mol. The van der Waals surface area contributed by atoms with Gasteiger partial charge in [-0.25, -0.2) is 0 Å². The largest absolute Gasteiger partial charge is 0.284 e. The van der Waals surface area contributed by atoms with Gasteiger partial charge in [-0.1, -0.05) is 0 Å². The van der Waals surface area contributed by atoms with Gasteiger partial charge in [0, 0.05) is 58.7 Å². The van der Waals surface area contributed by atoms with Crippen molar-refractivity contribution < 1.29 is 29.5 Å². The molecule has 6 rings (SSSR count). The molecule has 0 N–H and O–H groups in total. The number of benzene rings is 4. The number of nitro benzene ring substituents is 6. The Hall–Kier alpha value is -7.38. The van der Waals surface area contributed by atoms with E-state index >= 15 is 0 Å². The van der Waals surface area contributed by atoms with Crippen LogP contribution in [-0.4, -0.2) is 41.0 Å². The number of non-ortho nitro benzene ring substituents is 4. The quantitative estimate of drug-likeness (QED) is 0.159. The summed E-state index contributed by atoms with van der Waals surface area (Å²) >= 11 is 0. The number of nitro groups is 6. The highest BCUT2D eigenvalue weighted by Crippen LogP contribution is 2.48. The summed E-state index contributed by atoms with van der Waals surface area (Å²) in [5.41, 5.74) is -5.21. The molecule has 20 heteroatoms. The Kier molecular flexibility index (Phi) is 6.32. The van der Waals surface area contributed by atoms with Gasteiger partial charge in [0.15, 0.2) is 0 Å². The molecule has 0 amide bonds. The van der Waals surface area contributed by atoms with Crippen LogP contribution in [0.1, 0.15) is 22.3 Å². The topological polar surface area (TPSA) is 284 Å². The molecule has 20 nitrogen and oxygen atoms in total. The monoisotopic (exact) mass is 626 g/mol. The van der Waals surface area contributed by atoms with Crippen LogP contribution in [0.15, 0.2) is 70.9 Å². The van der Waals surface area contributed by atoms with Gasteiger partial charge < -0.3 is 0 Å². The molecule has 0 heterocycles. The summed E-state index contributed by atoms with van der Waals surface area (Å²) < 4.78 is 0. The molecule has 0 unspecified atom stereocenters. The molecule has 0 aliphatic heterocycles. The molecule has 0 radical (unpaired) electrons. The highest BCUT2D eigenvalue weighted by atomic mass is 16.6. The standard InChI is InChI=1S/C26H10N8O12/c35-29(36)11-1-3-15-17(5-11)25(19-7-13(31(39)40)9-21(23(15)19)33(43)44)27-28-26-18-6-12(30(37)38)2-4-16(18)24-20(26)8-14(32(41)42)10-22(24)34(45)46/h1-10H/b27-25-,28-26+. The van der Waals surface area contributed by atoms with Gasteiger partial charge in [-0.05, 0) is 23.3 Å². The van der Waals surface area contributed by atoms with Crippen LogP contribution in [0.4, 0.5) is 34.1 Å². The van der Waals surface area contributed by atoms with Gasteiger partial charge in [-0.15, -0.1) is 10.2 Å². The van der Waals surface area contributed by atoms with E-state index in [1.54, 1.807) is 0 Å². The SMILES string of the molecule is O=[N+]([O-])c1ccc2c(c1)/C(=N/N=C1\c3cc([N+](=O)[O-])ccc3-c3c1cc([N+](=O)[O-])cc3[N+](=O)[O-])c1cc([N+](=O)[O-])cc([N+](=O)[O-])c1-2. The smallest absolute Gasteiger partial charge is 0.258 e. The van der Waals surface area contributed by atoms with Crippen LogP contribution in [-0.2, 0) is 0 Å². The summed E-state index contributed by atoms with van der Waals surface area (Å²) in [4.78, 5) is 65.3. The van der Waals surface area contributed by atoms with Gasteiger partial charge in [0.05, 0.1) is 52.8 Å². The first-order valence-electron chi connectivity index (χ1n) is 12.5. The molecule has 0 bridgehead atoms. The summed E-state index contributed by atoms with van der Waals surface area (Å²) in [5.74, 6) is 0. The molecule has 0 saturated heterocycles. The van der Waals surface area contributed by atoms with Crippen molar-refractivity contribution in [3.05, 3.63) is 144 Å². The zero-order valence-corrected chi connectivity index (χ0v) is 22.3. The molecule has 226 valence electrons. The number of fused-ring (bicyclic) bond motifs is 6. The molecular weight excluding hydrogens is 616 g/mol. The second-order valence-corrected chi connectivity index (χ2v) is 9.67. The van der Waals surface area contributed by atoms with E-state index in [9.17, 15) is 60.7 Å². The number of hydrogen-bond acceptors (Lipinski definition) is 14. The molecular formula is C26H10N8O12. The third kappa shape index (κ3) is 4.33. The Morgan fingerprint density at radius 3 is 1.00 bits per heavy atom. The van der Waals surface area contributed by atoms with Gasteiger partial charge in [0.25, 0.3) is 34.1 Å². The summed E-state index contributed by atoms with van der Waals surface area (Å²) in [6.07, 6.45) is 0. The summed E-state index contributed by atoms with van der Waals surface area (Å²) in [6.45, 7) is 0. The molecule has 0 atom stereocenters. The van der Waals surface area contributed by atoms with Crippen molar-refractivity contribution in [1.29, 1.82) is 0 Å². The van der Waals surface area contributed by atoms with Crippen LogP contribution in [0.3, 0.4) is 0 Å². The highest BCUT2D eigenvalue weighted by molar-refractivity contribution is 6.28. The van der Waals surface area contributed by atoms with Crippen molar-refractivity contribution in [3.63, 3.8) is 0 Å². The van der Waals surface area contributed by atoms with Crippen LogP contribution >= 0.6 is 0 Å². The Morgan fingerprint density at radius 1 is 0.370 bits per heavy atom. The lowest BCUT2D eigenvalue weighted by atomic mass is 10.0. The van der Waals surface area contributed by atoms with E-state index in [2.05, 4.69) is 10.2 Å². The minimum atomic E-state index is -0.900. The summed E-state index contributed by atoms with van der Waals surface area (Å²) in [7, 11) is 0. The van der Waals surface area contributed by atoms with E-state index in [1.807, 2.05) is 0 Å². The van der Waals surface area contributed by atoms with E-state index in [1.165, 1.54) is 12.1 Å². The maximum absolute atomic E-state index is 12.0. The lowest BCUT2D eigenvalue weighted by Gasteiger charge is -2.03. The van der Waals surface area contributed by atoms with Gasteiger partial charge in [0.1, 0.15) is 11.4 Å². The maximum atomic E-state index is 12.0. The molecule has 4 aromatic rings. The fourth-order valence-electron chi connectivity index (χ4n) is 5.39. The molecule has 2 aliphatic rings. The molecule has 0 fully saturated rings. The third-order valence-electron chi connectivity index (χ3n) is 7.26. The summed E-state index contributed by atoms with van der Waals surface area (Å²) in [6, 6.07) is 9.84. The van der Waals surface area contributed by atoms with Crippen LogP contribution in [0.25, 0.3) is 22.3 Å². The number of nitrogens with zero attached hydrogens (tertiary/aromatic N) is 8. The van der Waals surface area contributed by atoms with Crippen molar-refractivity contribution in [1.82, 2.24) is 0 Å². The van der Waals surface area contributed by atoms with Crippen molar-refractivity contribution in [3.8, 4) is 22.3 Å². The van der Waals surface area contributed by atoms with Crippen LogP contribution in [0.5, 0.6) is 0 Å². The summed E-state index contributed by atoms with van der Waals surface area (Å²) in [5, 5.41) is 78.7. The molecule has 46 heavy (non-hydrogen) atoms. The Bertz CT molecular complexity index is 2090. The molecule has 2 aliphatic carbocycles. The molecule has 0 aromatic heterocycles. The lowest BCUT2D eigenvalue weighted by molar-refractivity contribution is -0.394. The van der Waals surface area contributed by atoms with Crippen molar-refractivity contribution in [2.24, 2.45) is 10.2 Å². The van der Waals surface area contributed by atoms with Gasteiger partial charge in [-0.2, -0.15) is 0 Å². The second-order valence-electron chi connectivity index (χ2n) is 9.67. The Labute approximate surface area is 251 Å². The van der Waals surface area contributed by atoms with E-state index in [0.29, 0.717) is 12.1 Å². The van der Waals surface area contributed by atoms with E-state index in [-0.39, 0.29) is 55.9 Å². The van der Waals surface area contributed by atoms with Crippen molar-refractivity contribution in [2.75, 3.05) is 0 Å². The second kappa shape index (κ2) is 10.1. The van der Waals surface area contributed by atoms with Crippen LogP contribution in [0.2, 0.25) is 0 Å². The normalized spacial score (nSPS) is 13.9. The zero-order valence-electron chi connectivity index (χ0n) is 22.3. The number of rotatable bonds is 7.